The van der Waals surface area contributed by atoms with Gasteiger partial charge < -0.3 is 10.1 Å². The molecule has 0 radical (unpaired) electrons. The summed E-state index contributed by atoms with van der Waals surface area (Å²) in [5.41, 5.74) is 1.86. The van der Waals surface area contributed by atoms with Gasteiger partial charge >= 0.3 is 5.97 Å². The number of hydrogen-bond acceptors (Lipinski definition) is 6. The van der Waals surface area contributed by atoms with Crippen molar-refractivity contribution in [2.24, 2.45) is 0 Å². The zero-order chi connectivity index (χ0) is 13.8. The molecule has 2 aromatic rings. The van der Waals surface area contributed by atoms with Crippen molar-refractivity contribution in [3.63, 3.8) is 0 Å². The Labute approximate surface area is 124 Å². The van der Waals surface area contributed by atoms with Gasteiger partial charge in [0.2, 0.25) is 0 Å². The first-order valence-corrected chi connectivity index (χ1v) is 7.12. The van der Waals surface area contributed by atoms with E-state index in [0.29, 0.717) is 39.9 Å². The van der Waals surface area contributed by atoms with Crippen LogP contribution in [-0.2, 0) is 9.53 Å². The van der Waals surface area contributed by atoms with Gasteiger partial charge in [-0.3, -0.25) is 4.79 Å². The van der Waals surface area contributed by atoms with E-state index in [2.05, 4.69) is 14.1 Å². The number of fused-ring (bicyclic) bond motifs is 1. The van der Waals surface area contributed by atoms with E-state index in [1.807, 2.05) is 0 Å². The first kappa shape index (κ1) is 14.3. The Morgan fingerprint density at radius 1 is 1.37 bits per heavy atom. The van der Waals surface area contributed by atoms with Gasteiger partial charge in [0.05, 0.1) is 40.5 Å². The van der Waals surface area contributed by atoms with Crippen LogP contribution >= 0.6 is 34.9 Å². The van der Waals surface area contributed by atoms with Crippen molar-refractivity contribution in [1.82, 2.24) is 8.75 Å². The highest BCUT2D eigenvalue weighted by Gasteiger charge is 2.14. The average molecular weight is 320 g/mol. The lowest BCUT2D eigenvalue weighted by molar-refractivity contribution is -0.142. The Hall–Kier alpha value is -1.11. The molecule has 1 heterocycles. The predicted molar refractivity (Wildman–Crippen MR) is 77.2 cm³/mol. The Morgan fingerprint density at radius 3 is 2.84 bits per heavy atom. The number of esters is 1. The molecule has 0 saturated heterocycles. The molecule has 0 saturated carbocycles. The second kappa shape index (κ2) is 6.36. The van der Waals surface area contributed by atoms with Crippen LogP contribution in [0.15, 0.2) is 6.07 Å². The number of hydrogen-bond donors (Lipinski definition) is 1. The van der Waals surface area contributed by atoms with Crippen LogP contribution in [0.4, 0.5) is 5.69 Å². The minimum absolute atomic E-state index is 0.256. The van der Waals surface area contributed by atoms with Crippen molar-refractivity contribution in [3.05, 3.63) is 16.1 Å². The average Bonchev–Trinajstić information content (AvgIpc) is 2.83. The first-order chi connectivity index (χ1) is 9.13. The van der Waals surface area contributed by atoms with E-state index >= 15 is 0 Å². The normalized spacial score (nSPS) is 10.7. The van der Waals surface area contributed by atoms with Crippen LogP contribution in [0.1, 0.15) is 13.3 Å². The molecule has 1 aromatic heterocycles. The molecular formula is C11H11Cl2N3O2S. The van der Waals surface area contributed by atoms with Crippen LogP contribution in [0, 0.1) is 0 Å². The lowest BCUT2D eigenvalue weighted by Gasteiger charge is -2.09. The summed E-state index contributed by atoms with van der Waals surface area (Å²) in [6.45, 7) is 2.56. The van der Waals surface area contributed by atoms with E-state index in [4.69, 9.17) is 27.9 Å². The molecular weight excluding hydrogens is 309 g/mol. The lowest BCUT2D eigenvalue weighted by atomic mass is 10.2. The number of ether oxygens (including phenoxy) is 1. The van der Waals surface area contributed by atoms with Crippen molar-refractivity contribution in [2.75, 3.05) is 18.5 Å². The number of anilines is 1. The molecule has 0 amide bonds. The fraction of sp³-hybridized carbons (Fsp3) is 0.364. The highest BCUT2D eigenvalue weighted by molar-refractivity contribution is 7.00. The maximum Gasteiger partial charge on any atom is 0.307 e. The number of carbonyl (C=O) groups is 1. The van der Waals surface area contributed by atoms with E-state index in [9.17, 15) is 4.79 Å². The SMILES string of the molecule is CCOC(=O)CCNc1c(Cl)cc(Cl)c2nsnc12. The van der Waals surface area contributed by atoms with E-state index in [-0.39, 0.29) is 12.4 Å². The summed E-state index contributed by atoms with van der Waals surface area (Å²) in [7, 11) is 0. The molecule has 0 unspecified atom stereocenters. The Morgan fingerprint density at radius 2 is 2.11 bits per heavy atom. The van der Waals surface area contributed by atoms with Crippen LogP contribution in [0.2, 0.25) is 10.0 Å². The van der Waals surface area contributed by atoms with Crippen LogP contribution in [-0.4, -0.2) is 27.9 Å². The highest BCUT2D eigenvalue weighted by Crippen LogP contribution is 2.35. The molecule has 2 rings (SSSR count). The summed E-state index contributed by atoms with van der Waals surface area (Å²) in [6, 6.07) is 1.61. The zero-order valence-electron chi connectivity index (χ0n) is 10.1. The van der Waals surface area contributed by atoms with Crippen LogP contribution in [0.5, 0.6) is 0 Å². The number of carbonyl (C=O) groups excluding carboxylic acids is 1. The quantitative estimate of drug-likeness (QED) is 0.856. The molecule has 0 aliphatic heterocycles. The molecule has 0 spiro atoms. The van der Waals surface area contributed by atoms with Crippen molar-refractivity contribution >= 4 is 57.6 Å². The summed E-state index contributed by atoms with van der Waals surface area (Å²) in [5, 5.41) is 3.99. The maximum absolute atomic E-state index is 11.2. The first-order valence-electron chi connectivity index (χ1n) is 5.63. The molecule has 0 bridgehead atoms. The van der Waals surface area contributed by atoms with E-state index in [0.717, 1.165) is 11.7 Å². The van der Waals surface area contributed by atoms with Gasteiger partial charge in [-0.2, -0.15) is 8.75 Å². The Kier molecular flexibility index (Phi) is 4.79. The van der Waals surface area contributed by atoms with Gasteiger partial charge in [-0.25, -0.2) is 0 Å². The van der Waals surface area contributed by atoms with Gasteiger partial charge in [-0.1, -0.05) is 23.2 Å². The maximum atomic E-state index is 11.2. The molecule has 19 heavy (non-hydrogen) atoms. The number of rotatable bonds is 5. The third-order valence-corrected chi connectivity index (χ3v) is 3.49. The van der Waals surface area contributed by atoms with Crippen molar-refractivity contribution in [1.29, 1.82) is 0 Å². The fourth-order valence-electron chi connectivity index (χ4n) is 1.57. The molecule has 102 valence electrons. The molecule has 5 nitrogen and oxygen atoms in total. The number of nitrogens with zero attached hydrogens (tertiary/aromatic N) is 2. The molecule has 0 aliphatic carbocycles. The molecule has 0 fully saturated rings. The minimum atomic E-state index is -0.257. The number of aromatic nitrogens is 2. The summed E-state index contributed by atoms with van der Waals surface area (Å²) >= 11 is 13.2. The highest BCUT2D eigenvalue weighted by atomic mass is 35.5. The number of halogens is 2. The molecule has 1 N–H and O–H groups in total. The monoisotopic (exact) mass is 319 g/mol. The fourth-order valence-corrected chi connectivity index (χ4v) is 2.74. The van der Waals surface area contributed by atoms with Crippen molar-refractivity contribution in [3.8, 4) is 0 Å². The summed E-state index contributed by atoms with van der Waals surface area (Å²) in [5.74, 6) is -0.257. The largest absolute Gasteiger partial charge is 0.466 e. The van der Waals surface area contributed by atoms with Crippen molar-refractivity contribution in [2.45, 2.75) is 13.3 Å². The van der Waals surface area contributed by atoms with Gasteiger partial charge in [0.15, 0.2) is 0 Å². The van der Waals surface area contributed by atoms with E-state index in [1.54, 1.807) is 13.0 Å². The van der Waals surface area contributed by atoms with Crippen molar-refractivity contribution < 1.29 is 9.53 Å². The standard InChI is InChI=1S/C11H11Cl2N3O2S/c1-2-18-8(17)3-4-14-9-6(12)5-7(13)10-11(9)16-19-15-10/h5,14H,2-4H2,1H3. The predicted octanol–water partition coefficient (Wildman–Crippen LogP) is 3.36. The number of benzene rings is 1. The zero-order valence-corrected chi connectivity index (χ0v) is 12.4. The third kappa shape index (κ3) is 3.26. The van der Waals surface area contributed by atoms with E-state index < -0.39 is 0 Å². The summed E-state index contributed by atoms with van der Waals surface area (Å²) < 4.78 is 13.1. The van der Waals surface area contributed by atoms with Gasteiger partial charge in [-0.15, -0.1) is 0 Å². The Bertz CT molecular complexity index is 603. The molecule has 1 aromatic carbocycles. The van der Waals surface area contributed by atoms with Gasteiger partial charge in [0, 0.05) is 6.54 Å². The van der Waals surface area contributed by atoms with Gasteiger partial charge in [0.25, 0.3) is 0 Å². The van der Waals surface area contributed by atoms with Gasteiger partial charge in [0.1, 0.15) is 11.0 Å². The third-order valence-electron chi connectivity index (χ3n) is 2.38. The molecule has 8 heteroatoms. The molecule has 0 aliphatic rings. The Balaban J connectivity index is 2.12. The van der Waals surface area contributed by atoms with E-state index in [1.165, 1.54) is 0 Å². The van der Waals surface area contributed by atoms with Gasteiger partial charge in [-0.05, 0) is 13.0 Å². The second-order valence-electron chi connectivity index (χ2n) is 3.66. The second-order valence-corrected chi connectivity index (χ2v) is 5.00. The number of nitrogens with one attached hydrogen (secondary N) is 1. The summed E-state index contributed by atoms with van der Waals surface area (Å²) in [6.07, 6.45) is 0.256. The smallest absolute Gasteiger partial charge is 0.307 e. The summed E-state index contributed by atoms with van der Waals surface area (Å²) in [4.78, 5) is 11.2. The lowest BCUT2D eigenvalue weighted by Crippen LogP contribution is -2.11. The van der Waals surface area contributed by atoms with Crippen LogP contribution in [0.3, 0.4) is 0 Å². The van der Waals surface area contributed by atoms with Crippen LogP contribution < -0.4 is 5.32 Å². The molecule has 0 atom stereocenters. The van der Waals surface area contributed by atoms with Crippen LogP contribution in [0.25, 0.3) is 11.0 Å². The topological polar surface area (TPSA) is 64.1 Å². The minimum Gasteiger partial charge on any atom is -0.466 e.